The van der Waals surface area contributed by atoms with Crippen LogP contribution in [0, 0.1) is 0 Å². The van der Waals surface area contributed by atoms with Crippen LogP contribution >= 0.6 is 11.6 Å². The number of benzene rings is 1. The SMILES string of the molecule is NCc1cn(Cc2cccc(Cl)c2)c(=O)[nH]c1=O. The number of rotatable bonds is 3. The number of nitrogens with zero attached hydrogens (tertiary/aromatic N) is 1. The van der Waals surface area contributed by atoms with Gasteiger partial charge in [0.1, 0.15) is 0 Å². The average Bonchev–Trinajstić information content (AvgIpc) is 2.33. The summed E-state index contributed by atoms with van der Waals surface area (Å²) < 4.78 is 1.40. The standard InChI is InChI=1S/C12H12ClN3O2/c13-10-3-1-2-8(4-10)6-16-7-9(5-14)11(17)15-12(16)18/h1-4,7H,5-6,14H2,(H,15,17,18). The fourth-order valence-corrected chi connectivity index (χ4v) is 1.86. The second kappa shape index (κ2) is 5.20. The van der Waals surface area contributed by atoms with Gasteiger partial charge in [-0.25, -0.2) is 4.79 Å². The van der Waals surface area contributed by atoms with Gasteiger partial charge in [-0.15, -0.1) is 0 Å². The molecule has 3 N–H and O–H groups in total. The largest absolute Gasteiger partial charge is 0.328 e. The highest BCUT2D eigenvalue weighted by Crippen LogP contribution is 2.11. The van der Waals surface area contributed by atoms with Crippen molar-refractivity contribution >= 4 is 11.6 Å². The summed E-state index contributed by atoms with van der Waals surface area (Å²) in [6.45, 7) is 0.425. The molecule has 1 heterocycles. The van der Waals surface area contributed by atoms with E-state index in [0.717, 1.165) is 5.56 Å². The molecule has 6 heteroatoms. The molecule has 0 bridgehead atoms. The van der Waals surface area contributed by atoms with Crippen molar-refractivity contribution in [2.45, 2.75) is 13.1 Å². The van der Waals surface area contributed by atoms with Crippen molar-refractivity contribution in [1.82, 2.24) is 9.55 Å². The van der Waals surface area contributed by atoms with E-state index in [9.17, 15) is 9.59 Å². The molecular weight excluding hydrogens is 254 g/mol. The Bertz CT molecular complexity index is 676. The van der Waals surface area contributed by atoms with Gasteiger partial charge in [0.05, 0.1) is 6.54 Å². The van der Waals surface area contributed by atoms with Gasteiger partial charge in [0.15, 0.2) is 0 Å². The van der Waals surface area contributed by atoms with E-state index in [0.29, 0.717) is 17.1 Å². The zero-order valence-electron chi connectivity index (χ0n) is 9.52. The molecule has 0 spiro atoms. The zero-order chi connectivity index (χ0) is 13.1. The Balaban J connectivity index is 2.40. The number of H-pyrrole nitrogens is 1. The van der Waals surface area contributed by atoms with Crippen LogP contribution in [0.5, 0.6) is 0 Å². The highest BCUT2D eigenvalue weighted by Gasteiger charge is 2.04. The highest BCUT2D eigenvalue weighted by molar-refractivity contribution is 6.30. The van der Waals surface area contributed by atoms with Gasteiger partial charge in [-0.2, -0.15) is 0 Å². The lowest BCUT2D eigenvalue weighted by molar-refractivity contribution is 0.706. The molecule has 0 aliphatic carbocycles. The Morgan fingerprint density at radius 1 is 1.33 bits per heavy atom. The van der Waals surface area contributed by atoms with Crippen LogP contribution in [0.25, 0.3) is 0 Å². The van der Waals surface area contributed by atoms with Gasteiger partial charge < -0.3 is 5.73 Å². The lowest BCUT2D eigenvalue weighted by atomic mass is 10.2. The van der Waals surface area contributed by atoms with E-state index >= 15 is 0 Å². The monoisotopic (exact) mass is 265 g/mol. The summed E-state index contributed by atoms with van der Waals surface area (Å²) in [6, 6.07) is 7.18. The summed E-state index contributed by atoms with van der Waals surface area (Å²) in [7, 11) is 0. The van der Waals surface area contributed by atoms with E-state index < -0.39 is 11.2 Å². The third-order valence-corrected chi connectivity index (χ3v) is 2.78. The summed E-state index contributed by atoms with van der Waals surface area (Å²) in [5.74, 6) is 0. The van der Waals surface area contributed by atoms with E-state index in [1.807, 2.05) is 6.07 Å². The van der Waals surface area contributed by atoms with Crippen LogP contribution in [0.1, 0.15) is 11.1 Å². The van der Waals surface area contributed by atoms with Gasteiger partial charge in [-0.1, -0.05) is 23.7 Å². The van der Waals surface area contributed by atoms with Crippen molar-refractivity contribution in [1.29, 1.82) is 0 Å². The number of aromatic amines is 1. The number of halogens is 1. The Morgan fingerprint density at radius 2 is 2.11 bits per heavy atom. The molecule has 0 saturated heterocycles. The van der Waals surface area contributed by atoms with Crippen LogP contribution in [0.15, 0.2) is 40.1 Å². The summed E-state index contributed by atoms with van der Waals surface area (Å²) in [5.41, 5.74) is 5.78. The van der Waals surface area contributed by atoms with Gasteiger partial charge in [-0.05, 0) is 17.7 Å². The van der Waals surface area contributed by atoms with E-state index in [2.05, 4.69) is 4.98 Å². The molecule has 1 aromatic carbocycles. The van der Waals surface area contributed by atoms with Crippen LogP contribution in [-0.4, -0.2) is 9.55 Å². The van der Waals surface area contributed by atoms with Crippen LogP contribution < -0.4 is 17.0 Å². The first-order valence-electron chi connectivity index (χ1n) is 5.37. The first kappa shape index (κ1) is 12.6. The first-order chi connectivity index (χ1) is 8.60. The van der Waals surface area contributed by atoms with Crippen molar-refractivity contribution < 1.29 is 0 Å². The van der Waals surface area contributed by atoms with E-state index in [1.54, 1.807) is 18.2 Å². The number of nitrogens with two attached hydrogens (primary N) is 1. The molecule has 2 rings (SSSR count). The summed E-state index contributed by atoms with van der Waals surface area (Å²) in [6.07, 6.45) is 1.47. The van der Waals surface area contributed by atoms with Crippen molar-refractivity contribution in [3.05, 3.63) is 67.4 Å². The molecule has 2 aromatic rings. The topological polar surface area (TPSA) is 80.9 Å². The van der Waals surface area contributed by atoms with Gasteiger partial charge >= 0.3 is 5.69 Å². The fraction of sp³-hybridized carbons (Fsp3) is 0.167. The number of hydrogen-bond donors (Lipinski definition) is 2. The third-order valence-electron chi connectivity index (χ3n) is 2.55. The van der Waals surface area contributed by atoms with Crippen LogP contribution in [0.2, 0.25) is 5.02 Å². The predicted octanol–water partition coefficient (Wildman–Crippen LogP) is 0.697. The molecule has 1 aromatic heterocycles. The van der Waals surface area contributed by atoms with Crippen LogP contribution in [0.3, 0.4) is 0 Å². The predicted molar refractivity (Wildman–Crippen MR) is 69.8 cm³/mol. The van der Waals surface area contributed by atoms with E-state index in [4.69, 9.17) is 17.3 Å². The molecular formula is C12H12ClN3O2. The van der Waals surface area contributed by atoms with Crippen molar-refractivity contribution in [2.24, 2.45) is 5.73 Å². The van der Waals surface area contributed by atoms with Crippen molar-refractivity contribution in [2.75, 3.05) is 0 Å². The molecule has 94 valence electrons. The molecule has 0 aliphatic rings. The normalized spacial score (nSPS) is 10.6. The lowest BCUT2D eigenvalue weighted by Crippen LogP contribution is -2.32. The molecule has 0 saturated carbocycles. The molecule has 0 fully saturated rings. The minimum atomic E-state index is -0.461. The molecule has 0 aliphatic heterocycles. The summed E-state index contributed by atoms with van der Waals surface area (Å²) in [4.78, 5) is 25.2. The molecule has 0 atom stereocenters. The van der Waals surface area contributed by atoms with Crippen molar-refractivity contribution in [3.8, 4) is 0 Å². The maximum absolute atomic E-state index is 11.6. The Morgan fingerprint density at radius 3 is 2.78 bits per heavy atom. The Labute approximate surface area is 108 Å². The summed E-state index contributed by atoms with van der Waals surface area (Å²) >= 11 is 5.87. The minimum absolute atomic E-state index is 0.0885. The third kappa shape index (κ3) is 2.69. The quantitative estimate of drug-likeness (QED) is 0.857. The van der Waals surface area contributed by atoms with E-state index in [1.165, 1.54) is 10.8 Å². The van der Waals surface area contributed by atoms with Crippen LogP contribution in [-0.2, 0) is 13.1 Å². The highest BCUT2D eigenvalue weighted by atomic mass is 35.5. The van der Waals surface area contributed by atoms with Crippen LogP contribution in [0.4, 0.5) is 0 Å². The lowest BCUT2D eigenvalue weighted by Gasteiger charge is -2.07. The molecule has 0 radical (unpaired) electrons. The summed E-state index contributed by atoms with van der Waals surface area (Å²) in [5, 5.41) is 0.601. The van der Waals surface area contributed by atoms with Gasteiger partial charge in [0.2, 0.25) is 0 Å². The number of aromatic nitrogens is 2. The second-order valence-corrected chi connectivity index (χ2v) is 4.31. The molecule has 5 nitrogen and oxygen atoms in total. The van der Waals surface area contributed by atoms with Crippen molar-refractivity contribution in [3.63, 3.8) is 0 Å². The Hall–Kier alpha value is -1.85. The number of hydrogen-bond acceptors (Lipinski definition) is 3. The minimum Gasteiger partial charge on any atom is -0.326 e. The maximum Gasteiger partial charge on any atom is 0.328 e. The molecule has 18 heavy (non-hydrogen) atoms. The molecule has 0 amide bonds. The van der Waals surface area contributed by atoms with Gasteiger partial charge in [0, 0.05) is 23.3 Å². The zero-order valence-corrected chi connectivity index (χ0v) is 10.3. The molecule has 0 unspecified atom stereocenters. The van der Waals surface area contributed by atoms with Gasteiger partial charge in [0.25, 0.3) is 5.56 Å². The Kier molecular flexibility index (Phi) is 3.64. The van der Waals surface area contributed by atoms with Gasteiger partial charge in [-0.3, -0.25) is 14.3 Å². The van der Waals surface area contributed by atoms with E-state index in [-0.39, 0.29) is 6.54 Å². The fourth-order valence-electron chi connectivity index (χ4n) is 1.65. The number of nitrogens with one attached hydrogen (secondary N) is 1. The second-order valence-electron chi connectivity index (χ2n) is 3.88. The average molecular weight is 266 g/mol. The maximum atomic E-state index is 11.6. The first-order valence-corrected chi connectivity index (χ1v) is 5.75. The smallest absolute Gasteiger partial charge is 0.326 e.